The van der Waals surface area contributed by atoms with Gasteiger partial charge in [-0.3, -0.25) is 9.69 Å². The summed E-state index contributed by atoms with van der Waals surface area (Å²) in [7, 11) is -3.33. The fourth-order valence-electron chi connectivity index (χ4n) is 7.22. The number of hydrogen-bond acceptors (Lipinski definition) is 7. The third-order valence-electron chi connectivity index (χ3n) is 9.32. The Labute approximate surface area is 258 Å². The summed E-state index contributed by atoms with van der Waals surface area (Å²) in [5, 5.41) is 17.0. The second-order valence-electron chi connectivity index (χ2n) is 14.5. The lowest BCUT2D eigenvalue weighted by Gasteiger charge is -2.47. The minimum absolute atomic E-state index is 0.00748. The Hall–Kier alpha value is -2.17. The number of nitrogens with zero attached hydrogens (tertiary/aromatic N) is 1. The first-order valence-corrected chi connectivity index (χ1v) is 17.9. The summed E-state index contributed by atoms with van der Waals surface area (Å²) in [5.74, 6) is 1.14. The van der Waals surface area contributed by atoms with E-state index in [1.54, 1.807) is 0 Å². The number of amides is 2. The van der Waals surface area contributed by atoms with Gasteiger partial charge in [-0.15, -0.1) is 0 Å². The number of piperidine rings is 1. The molecular weight excluding hydrogens is 566 g/mol. The van der Waals surface area contributed by atoms with E-state index in [-0.39, 0.29) is 42.1 Å². The summed E-state index contributed by atoms with van der Waals surface area (Å²) < 4.78 is 31.1. The highest BCUT2D eigenvalue weighted by molar-refractivity contribution is 7.92. The number of alkyl carbamates (subject to hydrolysis) is 1. The molecule has 9 nitrogen and oxygen atoms in total. The lowest BCUT2D eigenvalue weighted by Crippen LogP contribution is -2.60. The number of likely N-dealkylation sites (tertiary alicyclic amines) is 1. The van der Waals surface area contributed by atoms with Crippen LogP contribution in [0.1, 0.15) is 85.1 Å². The average Bonchev–Trinajstić information content (AvgIpc) is 3.19. The highest BCUT2D eigenvalue weighted by Crippen LogP contribution is 2.39. The molecule has 43 heavy (non-hydrogen) atoms. The van der Waals surface area contributed by atoms with Gasteiger partial charge in [0, 0.05) is 18.6 Å². The van der Waals surface area contributed by atoms with Crippen LogP contribution in [0.4, 0.5) is 4.79 Å². The van der Waals surface area contributed by atoms with Crippen LogP contribution in [-0.4, -0.2) is 84.3 Å². The maximum atomic E-state index is 13.5. The number of ether oxygens (including phenoxy) is 1. The Morgan fingerprint density at radius 2 is 1.74 bits per heavy atom. The number of aliphatic hydroxyl groups is 1. The molecule has 3 aliphatic rings. The zero-order valence-corrected chi connectivity index (χ0v) is 27.4. The molecule has 0 unspecified atom stereocenters. The number of sulfone groups is 1. The Bertz CT molecular complexity index is 1180. The third kappa shape index (κ3) is 9.41. The minimum atomic E-state index is -3.33. The Kier molecular flexibility index (Phi) is 11.2. The molecule has 0 radical (unpaired) electrons. The summed E-state index contributed by atoms with van der Waals surface area (Å²) >= 11 is 0. The van der Waals surface area contributed by atoms with Gasteiger partial charge in [0.1, 0.15) is 6.10 Å². The number of benzene rings is 1. The zero-order valence-electron chi connectivity index (χ0n) is 26.6. The van der Waals surface area contributed by atoms with Crippen LogP contribution in [0, 0.1) is 17.8 Å². The van der Waals surface area contributed by atoms with Crippen LogP contribution in [0.2, 0.25) is 0 Å². The minimum Gasteiger partial charge on any atom is -0.445 e. The molecule has 0 bridgehead atoms. The van der Waals surface area contributed by atoms with Crippen molar-refractivity contribution in [2.24, 2.45) is 17.8 Å². The predicted octanol–water partition coefficient (Wildman–Crippen LogP) is 4.08. The van der Waals surface area contributed by atoms with Gasteiger partial charge in [-0.25, -0.2) is 13.2 Å². The molecule has 2 amide bonds. The van der Waals surface area contributed by atoms with Crippen molar-refractivity contribution in [3.05, 3.63) is 35.9 Å². The Morgan fingerprint density at radius 3 is 2.40 bits per heavy atom. The summed E-state index contributed by atoms with van der Waals surface area (Å²) in [4.78, 5) is 28.9. The SMILES string of the molecule is CC(C)C[C@@H]1[C@H](OC(=O)N[C@@H](Cc2ccccc2)[C@H](O)CN2C[C@H]3CCCC[C@H]3C[C@H]2C(=O)NC(C)(C)C)CCS1(=O)=O. The molecule has 3 fully saturated rings. The van der Waals surface area contributed by atoms with Gasteiger partial charge in [-0.2, -0.15) is 0 Å². The number of aliphatic hydroxyl groups excluding tert-OH is 1. The van der Waals surface area contributed by atoms with Gasteiger partial charge in [0.05, 0.1) is 29.2 Å². The van der Waals surface area contributed by atoms with Gasteiger partial charge in [-0.1, -0.05) is 63.4 Å². The van der Waals surface area contributed by atoms with Crippen molar-refractivity contribution in [3.8, 4) is 0 Å². The van der Waals surface area contributed by atoms with Gasteiger partial charge in [0.2, 0.25) is 5.91 Å². The maximum absolute atomic E-state index is 13.5. The van der Waals surface area contributed by atoms with Crippen LogP contribution in [0.3, 0.4) is 0 Å². The van der Waals surface area contributed by atoms with Crippen molar-refractivity contribution in [1.29, 1.82) is 0 Å². The number of rotatable bonds is 10. The third-order valence-corrected chi connectivity index (χ3v) is 11.5. The van der Waals surface area contributed by atoms with Crippen molar-refractivity contribution < 1.29 is 27.9 Å². The van der Waals surface area contributed by atoms with Gasteiger partial charge in [0.25, 0.3) is 0 Å². The molecule has 1 aromatic rings. The van der Waals surface area contributed by atoms with Crippen molar-refractivity contribution in [1.82, 2.24) is 15.5 Å². The second-order valence-corrected chi connectivity index (χ2v) is 16.9. The molecule has 0 spiro atoms. The maximum Gasteiger partial charge on any atom is 0.407 e. The van der Waals surface area contributed by atoms with Crippen LogP contribution in [-0.2, 0) is 25.8 Å². The molecule has 7 atom stereocenters. The van der Waals surface area contributed by atoms with Crippen LogP contribution in [0.15, 0.2) is 30.3 Å². The molecule has 1 saturated carbocycles. The van der Waals surface area contributed by atoms with Gasteiger partial charge >= 0.3 is 6.09 Å². The summed E-state index contributed by atoms with van der Waals surface area (Å²) in [6.07, 6.45) is 4.10. The number of carbonyl (C=O) groups is 2. The number of nitrogens with one attached hydrogen (secondary N) is 2. The first-order valence-electron chi connectivity index (χ1n) is 16.2. The zero-order chi connectivity index (χ0) is 31.4. The van der Waals surface area contributed by atoms with E-state index in [0.717, 1.165) is 31.4 Å². The van der Waals surface area contributed by atoms with E-state index >= 15 is 0 Å². The highest BCUT2D eigenvalue weighted by atomic mass is 32.2. The van der Waals surface area contributed by atoms with E-state index in [9.17, 15) is 23.1 Å². The Morgan fingerprint density at radius 1 is 1.07 bits per heavy atom. The largest absolute Gasteiger partial charge is 0.445 e. The molecule has 2 saturated heterocycles. The molecule has 10 heteroatoms. The van der Waals surface area contributed by atoms with Crippen molar-refractivity contribution in [2.75, 3.05) is 18.8 Å². The molecule has 2 aliphatic heterocycles. The molecule has 242 valence electrons. The summed E-state index contributed by atoms with van der Waals surface area (Å²) in [6.45, 7) is 10.8. The number of hydrogen-bond donors (Lipinski definition) is 3. The topological polar surface area (TPSA) is 125 Å². The lowest BCUT2D eigenvalue weighted by atomic mass is 9.72. The predicted molar refractivity (Wildman–Crippen MR) is 168 cm³/mol. The van der Waals surface area contributed by atoms with Gasteiger partial charge < -0.3 is 20.5 Å². The monoisotopic (exact) mass is 619 g/mol. The van der Waals surface area contributed by atoms with Gasteiger partial charge in [0.15, 0.2) is 9.84 Å². The van der Waals surface area contributed by atoms with E-state index in [1.165, 1.54) is 12.8 Å². The molecular formula is C33H53N3O6S. The number of carbonyl (C=O) groups excluding carboxylic acids is 2. The highest BCUT2D eigenvalue weighted by Gasteiger charge is 2.44. The molecule has 2 heterocycles. The van der Waals surface area contributed by atoms with Crippen LogP contribution in [0.5, 0.6) is 0 Å². The van der Waals surface area contributed by atoms with Crippen LogP contribution in [0.25, 0.3) is 0 Å². The van der Waals surface area contributed by atoms with Crippen molar-refractivity contribution in [2.45, 2.75) is 121 Å². The summed E-state index contributed by atoms with van der Waals surface area (Å²) in [6, 6.07) is 8.60. The molecule has 3 N–H and O–H groups in total. The first kappa shape index (κ1) is 33.7. The number of β-amino-alcohol motifs (C(OH)–C–C–N with tert-alkyl or cyclic N) is 1. The van der Waals surface area contributed by atoms with E-state index in [0.29, 0.717) is 24.7 Å². The molecule has 1 aromatic carbocycles. The smallest absolute Gasteiger partial charge is 0.407 e. The van der Waals surface area contributed by atoms with Crippen LogP contribution < -0.4 is 10.6 Å². The van der Waals surface area contributed by atoms with E-state index < -0.39 is 39.4 Å². The number of fused-ring (bicyclic) bond motifs is 1. The molecule has 4 rings (SSSR count). The fourth-order valence-corrected chi connectivity index (χ4v) is 9.41. The van der Waals surface area contributed by atoms with Crippen LogP contribution >= 0.6 is 0 Å². The second kappa shape index (κ2) is 14.3. The Balaban J connectivity index is 1.50. The van der Waals surface area contributed by atoms with E-state index in [1.807, 2.05) is 65.0 Å². The van der Waals surface area contributed by atoms with Gasteiger partial charge in [-0.05, 0) is 76.2 Å². The quantitative estimate of drug-likeness (QED) is 0.361. The molecule has 0 aromatic heterocycles. The first-order chi connectivity index (χ1) is 20.2. The lowest BCUT2D eigenvalue weighted by molar-refractivity contribution is -0.132. The van der Waals surface area contributed by atoms with Crippen molar-refractivity contribution >= 4 is 21.8 Å². The molecule has 1 aliphatic carbocycles. The van der Waals surface area contributed by atoms with Crippen molar-refractivity contribution in [3.63, 3.8) is 0 Å². The average molecular weight is 620 g/mol. The standard InChI is InChI=1S/C33H53N3O6S/c1-22(2)17-30-29(15-16-43(30,40)41)42-32(39)34-26(18-23-11-7-6-8-12-23)28(37)21-36-20-25-14-10-9-13-24(25)19-27(36)31(38)35-33(3,4)5/h6-8,11-12,22,24-30,37H,9-10,13-21H2,1-5H3,(H,34,39)(H,35,38)/t24-,25+,26-,27-,28+,29+,30+/m0/s1. The van der Waals surface area contributed by atoms with E-state index in [2.05, 4.69) is 15.5 Å². The van der Waals surface area contributed by atoms with E-state index in [4.69, 9.17) is 4.74 Å². The summed E-state index contributed by atoms with van der Waals surface area (Å²) in [5.41, 5.74) is 0.577. The fraction of sp³-hybridized carbons (Fsp3) is 0.758. The normalized spacial score (nSPS) is 29.0.